The summed E-state index contributed by atoms with van der Waals surface area (Å²) in [4.78, 5) is 10.3. The highest BCUT2D eigenvalue weighted by Gasteiger charge is 1.96. The number of ether oxygens (including phenoxy) is 1. The molecule has 0 aliphatic carbocycles. The van der Waals surface area contributed by atoms with E-state index in [2.05, 4.69) is 4.74 Å². The van der Waals surface area contributed by atoms with Crippen LogP contribution in [0.25, 0.3) is 0 Å². The lowest BCUT2D eigenvalue weighted by Gasteiger charge is -1.99. The van der Waals surface area contributed by atoms with Gasteiger partial charge in [-0.05, 0) is 0 Å². The number of esters is 1. The largest absolute Gasteiger partial charge is 0.430 e. The van der Waals surface area contributed by atoms with Crippen molar-refractivity contribution in [1.29, 1.82) is 0 Å². The number of hydrogen-bond acceptors (Lipinski definition) is 2. The zero-order chi connectivity index (χ0) is 7.28. The fourth-order valence-corrected chi connectivity index (χ4v) is 0.555. The van der Waals surface area contributed by atoms with Gasteiger partial charge in [-0.25, -0.2) is 0 Å². The molecule has 2 nitrogen and oxygen atoms in total. The van der Waals surface area contributed by atoms with Gasteiger partial charge in [-0.2, -0.15) is 0 Å². The topological polar surface area (TPSA) is 26.3 Å². The van der Waals surface area contributed by atoms with Crippen molar-refractivity contribution in [3.63, 3.8) is 0 Å². The molecule has 0 aliphatic heterocycles. The Morgan fingerprint density at radius 3 is 2.44 bits per heavy atom. The number of allylic oxidation sites excluding steroid dienone is 1. The fourth-order valence-electron chi connectivity index (χ4n) is 0.356. The van der Waals surface area contributed by atoms with Crippen molar-refractivity contribution < 1.29 is 9.53 Å². The van der Waals surface area contributed by atoms with Gasteiger partial charge < -0.3 is 4.74 Å². The highest BCUT2D eigenvalue weighted by Crippen LogP contribution is 2.03. The van der Waals surface area contributed by atoms with Crippen LogP contribution in [0.1, 0.15) is 20.3 Å². The van der Waals surface area contributed by atoms with Crippen LogP contribution in [0.4, 0.5) is 0 Å². The van der Waals surface area contributed by atoms with Gasteiger partial charge in [0.15, 0.2) is 0 Å². The van der Waals surface area contributed by atoms with E-state index >= 15 is 0 Å². The molecule has 0 bridgehead atoms. The predicted octanol–water partition coefficient (Wildman–Crippen LogP) is 2.04. The SMILES string of the molecule is CCC(=CCl)OC(C)=O. The first kappa shape index (κ1) is 8.50. The van der Waals surface area contributed by atoms with E-state index in [0.29, 0.717) is 12.2 Å². The molecule has 0 atom stereocenters. The fraction of sp³-hybridized carbons (Fsp3) is 0.500. The Hall–Kier alpha value is -0.500. The Morgan fingerprint density at radius 1 is 1.78 bits per heavy atom. The van der Waals surface area contributed by atoms with Gasteiger partial charge in [-0.3, -0.25) is 4.79 Å². The van der Waals surface area contributed by atoms with Crippen LogP contribution in [0.2, 0.25) is 0 Å². The third-order valence-corrected chi connectivity index (χ3v) is 0.988. The summed E-state index contributed by atoms with van der Waals surface area (Å²) in [6, 6.07) is 0. The summed E-state index contributed by atoms with van der Waals surface area (Å²) in [7, 11) is 0. The Kier molecular flexibility index (Phi) is 4.14. The van der Waals surface area contributed by atoms with Crippen molar-refractivity contribution in [1.82, 2.24) is 0 Å². The summed E-state index contributed by atoms with van der Waals surface area (Å²) < 4.78 is 4.64. The monoisotopic (exact) mass is 148 g/mol. The first-order valence-electron chi connectivity index (χ1n) is 2.68. The summed E-state index contributed by atoms with van der Waals surface area (Å²) in [5.41, 5.74) is 1.27. The molecule has 0 saturated carbocycles. The van der Waals surface area contributed by atoms with Gasteiger partial charge in [0.25, 0.3) is 0 Å². The van der Waals surface area contributed by atoms with Gasteiger partial charge in [0, 0.05) is 18.9 Å². The van der Waals surface area contributed by atoms with E-state index in [-0.39, 0.29) is 5.97 Å². The second-order valence-corrected chi connectivity index (χ2v) is 1.74. The van der Waals surface area contributed by atoms with E-state index in [1.807, 2.05) is 6.92 Å². The summed E-state index contributed by atoms with van der Waals surface area (Å²) >= 11 is 5.27. The van der Waals surface area contributed by atoms with E-state index in [0.717, 1.165) is 0 Å². The van der Waals surface area contributed by atoms with E-state index in [1.165, 1.54) is 12.5 Å². The lowest BCUT2D eigenvalue weighted by Crippen LogP contribution is -1.96. The lowest BCUT2D eigenvalue weighted by molar-refractivity contribution is -0.137. The molecule has 0 aromatic heterocycles. The molecule has 0 N–H and O–H groups in total. The first-order valence-corrected chi connectivity index (χ1v) is 3.12. The normalized spacial score (nSPS) is 11.2. The van der Waals surface area contributed by atoms with Crippen molar-refractivity contribution in [3.05, 3.63) is 11.3 Å². The van der Waals surface area contributed by atoms with Crippen molar-refractivity contribution in [2.45, 2.75) is 20.3 Å². The van der Waals surface area contributed by atoms with Crippen molar-refractivity contribution in [3.8, 4) is 0 Å². The smallest absolute Gasteiger partial charge is 0.307 e. The van der Waals surface area contributed by atoms with Gasteiger partial charge in [0.1, 0.15) is 5.76 Å². The minimum Gasteiger partial charge on any atom is -0.430 e. The average Bonchev–Trinajstić information content (AvgIpc) is 1.82. The molecular weight excluding hydrogens is 140 g/mol. The molecule has 0 radical (unpaired) electrons. The molecule has 0 saturated heterocycles. The number of hydrogen-bond donors (Lipinski definition) is 0. The highest BCUT2D eigenvalue weighted by atomic mass is 35.5. The number of rotatable bonds is 2. The molecule has 0 rings (SSSR count). The standard InChI is InChI=1S/C6H9ClO2/c1-3-6(4-7)9-5(2)8/h4H,3H2,1-2H3. The van der Waals surface area contributed by atoms with Gasteiger partial charge in [-0.1, -0.05) is 18.5 Å². The van der Waals surface area contributed by atoms with E-state index in [1.54, 1.807) is 0 Å². The van der Waals surface area contributed by atoms with Crippen LogP contribution in [0.15, 0.2) is 11.3 Å². The molecule has 0 aliphatic rings. The summed E-state index contributed by atoms with van der Waals surface area (Å²) in [6.07, 6.45) is 0.642. The van der Waals surface area contributed by atoms with Crippen molar-refractivity contribution in [2.24, 2.45) is 0 Å². The lowest BCUT2D eigenvalue weighted by atomic mass is 10.4. The Balaban J connectivity index is 3.71. The van der Waals surface area contributed by atoms with Gasteiger partial charge in [0.05, 0.1) is 0 Å². The Morgan fingerprint density at radius 2 is 2.33 bits per heavy atom. The van der Waals surface area contributed by atoms with Gasteiger partial charge >= 0.3 is 5.97 Å². The van der Waals surface area contributed by atoms with Crippen LogP contribution < -0.4 is 0 Å². The third kappa shape index (κ3) is 4.03. The zero-order valence-electron chi connectivity index (χ0n) is 5.48. The molecule has 9 heavy (non-hydrogen) atoms. The van der Waals surface area contributed by atoms with Crippen LogP contribution in [-0.2, 0) is 9.53 Å². The molecular formula is C6H9ClO2. The maximum Gasteiger partial charge on any atom is 0.307 e. The summed E-state index contributed by atoms with van der Waals surface area (Å²) in [5, 5.41) is 0. The van der Waals surface area contributed by atoms with Gasteiger partial charge in [-0.15, -0.1) is 0 Å². The molecule has 0 unspecified atom stereocenters. The molecule has 0 spiro atoms. The Bertz CT molecular complexity index is 129. The minimum absolute atomic E-state index is 0.330. The van der Waals surface area contributed by atoms with E-state index in [4.69, 9.17) is 11.6 Å². The molecule has 0 aromatic carbocycles. The van der Waals surface area contributed by atoms with E-state index < -0.39 is 0 Å². The first-order chi connectivity index (χ1) is 4.20. The third-order valence-electron chi connectivity index (χ3n) is 0.745. The molecule has 0 amide bonds. The predicted molar refractivity (Wildman–Crippen MR) is 36.0 cm³/mol. The summed E-state index contributed by atoms with van der Waals surface area (Å²) in [6.45, 7) is 3.20. The molecule has 3 heteroatoms. The van der Waals surface area contributed by atoms with Crippen LogP contribution >= 0.6 is 11.6 Å². The van der Waals surface area contributed by atoms with E-state index in [9.17, 15) is 4.79 Å². The maximum atomic E-state index is 10.3. The van der Waals surface area contributed by atoms with Crippen molar-refractivity contribution in [2.75, 3.05) is 0 Å². The van der Waals surface area contributed by atoms with Crippen LogP contribution in [0.3, 0.4) is 0 Å². The second-order valence-electron chi connectivity index (χ2n) is 1.52. The van der Waals surface area contributed by atoms with Crippen LogP contribution in [0, 0.1) is 0 Å². The number of carbonyl (C=O) groups is 1. The summed E-state index contributed by atoms with van der Waals surface area (Å²) in [5.74, 6) is 0.174. The quantitative estimate of drug-likeness (QED) is 0.443. The molecule has 0 aromatic rings. The van der Waals surface area contributed by atoms with Crippen LogP contribution in [-0.4, -0.2) is 5.97 Å². The van der Waals surface area contributed by atoms with Gasteiger partial charge in [0.2, 0.25) is 0 Å². The second kappa shape index (κ2) is 4.39. The Labute approximate surface area is 59.5 Å². The number of halogens is 1. The van der Waals surface area contributed by atoms with Crippen molar-refractivity contribution >= 4 is 17.6 Å². The highest BCUT2D eigenvalue weighted by molar-refractivity contribution is 6.25. The maximum absolute atomic E-state index is 10.3. The zero-order valence-corrected chi connectivity index (χ0v) is 6.23. The molecule has 0 heterocycles. The number of carbonyl (C=O) groups excluding carboxylic acids is 1. The average molecular weight is 149 g/mol. The van der Waals surface area contributed by atoms with Crippen LogP contribution in [0.5, 0.6) is 0 Å². The molecule has 0 fully saturated rings. The molecule has 52 valence electrons. The minimum atomic E-state index is -0.330.